The highest BCUT2D eigenvalue weighted by molar-refractivity contribution is 6.30. The van der Waals surface area contributed by atoms with E-state index in [4.69, 9.17) is 11.6 Å². The molecule has 0 aromatic heterocycles. The number of aliphatic carboxylic acids is 1. The van der Waals surface area contributed by atoms with Gasteiger partial charge in [0.15, 0.2) is 0 Å². The number of benzene rings is 1. The van der Waals surface area contributed by atoms with E-state index in [1.165, 1.54) is 5.56 Å². The monoisotopic (exact) mass is 310 g/mol. The third-order valence-electron chi connectivity index (χ3n) is 4.36. The fraction of sp³-hybridized carbons (Fsp3) is 0.562. The van der Waals surface area contributed by atoms with Gasteiger partial charge in [0.2, 0.25) is 0 Å². The van der Waals surface area contributed by atoms with Crippen molar-refractivity contribution in [2.24, 2.45) is 0 Å². The third-order valence-corrected chi connectivity index (χ3v) is 4.61. The molecule has 0 bridgehead atoms. The first-order valence-corrected chi connectivity index (χ1v) is 7.87. The molecule has 4 nitrogen and oxygen atoms in total. The maximum Gasteiger partial charge on any atom is 0.320 e. The van der Waals surface area contributed by atoms with Crippen LogP contribution in [-0.4, -0.2) is 53.1 Å². The maximum absolute atomic E-state index is 11.2. The fourth-order valence-electron chi connectivity index (χ4n) is 2.98. The van der Waals surface area contributed by atoms with Crippen LogP contribution in [0.4, 0.5) is 0 Å². The van der Waals surface area contributed by atoms with Crippen molar-refractivity contribution in [1.82, 2.24) is 9.80 Å². The molecule has 0 saturated carbocycles. The van der Waals surface area contributed by atoms with E-state index in [1.54, 1.807) is 0 Å². The van der Waals surface area contributed by atoms with Crippen LogP contribution < -0.4 is 0 Å². The second kappa shape index (κ2) is 7.25. The topological polar surface area (TPSA) is 43.8 Å². The summed E-state index contributed by atoms with van der Waals surface area (Å²) in [4.78, 5) is 15.7. The van der Waals surface area contributed by atoms with Gasteiger partial charge in [-0.2, -0.15) is 0 Å². The molecule has 1 aromatic rings. The standard InChI is InChI=1S/C16H23ClN2O2/c1-3-15(16(20)21)19-10-8-18(9-11-19)12(2)13-4-6-14(17)7-5-13/h4-7,12,15H,3,8-11H2,1-2H3,(H,20,21)/t12-,15-/m0/s1. The number of carboxylic acids is 1. The number of nitrogens with zero attached hydrogens (tertiary/aromatic N) is 2. The molecule has 0 radical (unpaired) electrons. The van der Waals surface area contributed by atoms with E-state index in [1.807, 2.05) is 19.1 Å². The van der Waals surface area contributed by atoms with Gasteiger partial charge in [0.25, 0.3) is 0 Å². The Balaban J connectivity index is 1.94. The van der Waals surface area contributed by atoms with E-state index in [9.17, 15) is 9.90 Å². The zero-order valence-electron chi connectivity index (χ0n) is 12.6. The molecule has 1 heterocycles. The summed E-state index contributed by atoms with van der Waals surface area (Å²) in [5, 5.41) is 9.99. The molecule has 0 aliphatic carbocycles. The van der Waals surface area contributed by atoms with Crippen molar-refractivity contribution in [3.8, 4) is 0 Å². The number of hydrogen-bond donors (Lipinski definition) is 1. The summed E-state index contributed by atoms with van der Waals surface area (Å²) in [6.45, 7) is 7.53. The first-order valence-electron chi connectivity index (χ1n) is 7.49. The highest BCUT2D eigenvalue weighted by Crippen LogP contribution is 2.23. The molecule has 0 spiro atoms. The van der Waals surface area contributed by atoms with Crippen molar-refractivity contribution in [2.45, 2.75) is 32.4 Å². The number of carboxylic acid groups (broad SMARTS) is 1. The van der Waals surface area contributed by atoms with Crippen LogP contribution in [0, 0.1) is 0 Å². The van der Waals surface area contributed by atoms with Crippen LogP contribution in [-0.2, 0) is 4.79 Å². The van der Waals surface area contributed by atoms with Crippen molar-refractivity contribution < 1.29 is 9.90 Å². The molecule has 1 N–H and O–H groups in total. The van der Waals surface area contributed by atoms with E-state index in [0.29, 0.717) is 12.5 Å². The summed E-state index contributed by atoms with van der Waals surface area (Å²) in [5.74, 6) is -0.711. The number of halogens is 1. The van der Waals surface area contributed by atoms with Crippen LogP contribution in [0.15, 0.2) is 24.3 Å². The van der Waals surface area contributed by atoms with Crippen molar-refractivity contribution in [1.29, 1.82) is 0 Å². The predicted molar refractivity (Wildman–Crippen MR) is 84.7 cm³/mol. The molecule has 0 unspecified atom stereocenters. The van der Waals surface area contributed by atoms with Crippen LogP contribution in [0.25, 0.3) is 0 Å². The minimum atomic E-state index is -0.711. The number of carbonyl (C=O) groups is 1. The number of piperazine rings is 1. The Morgan fingerprint density at radius 3 is 2.19 bits per heavy atom. The molecular weight excluding hydrogens is 288 g/mol. The third kappa shape index (κ3) is 3.96. The van der Waals surface area contributed by atoms with Gasteiger partial charge in [0.1, 0.15) is 6.04 Å². The lowest BCUT2D eigenvalue weighted by atomic mass is 10.1. The second-order valence-corrected chi connectivity index (χ2v) is 6.00. The Morgan fingerprint density at radius 1 is 1.19 bits per heavy atom. The second-order valence-electron chi connectivity index (χ2n) is 5.56. The summed E-state index contributed by atoms with van der Waals surface area (Å²) in [6.07, 6.45) is 0.655. The summed E-state index contributed by atoms with van der Waals surface area (Å²) in [7, 11) is 0. The van der Waals surface area contributed by atoms with Gasteiger partial charge < -0.3 is 5.11 Å². The van der Waals surface area contributed by atoms with Crippen LogP contribution in [0.1, 0.15) is 31.9 Å². The van der Waals surface area contributed by atoms with Crippen LogP contribution in [0.5, 0.6) is 0 Å². The van der Waals surface area contributed by atoms with Crippen LogP contribution in [0.3, 0.4) is 0 Å². The summed E-state index contributed by atoms with van der Waals surface area (Å²) in [5.41, 5.74) is 1.25. The van der Waals surface area contributed by atoms with Gasteiger partial charge in [-0.3, -0.25) is 14.6 Å². The highest BCUT2D eigenvalue weighted by Gasteiger charge is 2.29. The lowest BCUT2D eigenvalue weighted by Gasteiger charge is -2.40. The molecule has 1 aliphatic heterocycles. The highest BCUT2D eigenvalue weighted by atomic mass is 35.5. The Labute approximate surface area is 131 Å². The van der Waals surface area contributed by atoms with Crippen LogP contribution in [0.2, 0.25) is 5.02 Å². The lowest BCUT2D eigenvalue weighted by molar-refractivity contribution is -0.144. The zero-order valence-corrected chi connectivity index (χ0v) is 13.4. The van der Waals surface area contributed by atoms with Gasteiger partial charge in [-0.1, -0.05) is 30.7 Å². The minimum absolute atomic E-state index is 0.328. The van der Waals surface area contributed by atoms with Crippen LogP contribution >= 0.6 is 11.6 Å². The van der Waals surface area contributed by atoms with E-state index in [-0.39, 0.29) is 6.04 Å². The average molecular weight is 311 g/mol. The van der Waals surface area contributed by atoms with Crippen molar-refractivity contribution in [3.05, 3.63) is 34.9 Å². The molecule has 2 atom stereocenters. The number of hydrogen-bond acceptors (Lipinski definition) is 3. The van der Waals surface area contributed by atoms with Gasteiger partial charge in [-0.05, 0) is 31.0 Å². The van der Waals surface area contributed by atoms with Crippen molar-refractivity contribution in [2.75, 3.05) is 26.2 Å². The predicted octanol–water partition coefficient (Wildman–Crippen LogP) is 2.88. The molecule has 21 heavy (non-hydrogen) atoms. The van der Waals surface area contributed by atoms with Gasteiger partial charge >= 0.3 is 5.97 Å². The smallest absolute Gasteiger partial charge is 0.320 e. The zero-order chi connectivity index (χ0) is 15.4. The van der Waals surface area contributed by atoms with Crippen molar-refractivity contribution >= 4 is 17.6 Å². The molecule has 1 aliphatic rings. The molecule has 0 amide bonds. The minimum Gasteiger partial charge on any atom is -0.480 e. The summed E-state index contributed by atoms with van der Waals surface area (Å²) < 4.78 is 0. The summed E-state index contributed by atoms with van der Waals surface area (Å²) in [6, 6.07) is 7.94. The number of rotatable bonds is 5. The molecule has 1 saturated heterocycles. The van der Waals surface area contributed by atoms with Gasteiger partial charge in [0.05, 0.1) is 0 Å². The summed E-state index contributed by atoms with van der Waals surface area (Å²) >= 11 is 5.93. The Hall–Kier alpha value is -1.10. The molecule has 116 valence electrons. The Bertz CT molecular complexity index is 470. The SMILES string of the molecule is CC[C@@H](C(=O)O)N1CCN([C@@H](C)c2ccc(Cl)cc2)CC1. The van der Waals surface area contributed by atoms with Crippen molar-refractivity contribution in [3.63, 3.8) is 0 Å². The van der Waals surface area contributed by atoms with Gasteiger partial charge in [-0.15, -0.1) is 0 Å². The maximum atomic E-state index is 11.2. The van der Waals surface area contributed by atoms with Gasteiger partial charge in [0, 0.05) is 37.2 Å². The lowest BCUT2D eigenvalue weighted by Crippen LogP contribution is -2.52. The molecule has 2 rings (SSSR count). The van der Waals surface area contributed by atoms with Gasteiger partial charge in [-0.25, -0.2) is 0 Å². The molecule has 5 heteroatoms. The van der Waals surface area contributed by atoms with E-state index < -0.39 is 5.97 Å². The first-order chi connectivity index (χ1) is 10.0. The largest absolute Gasteiger partial charge is 0.480 e. The Morgan fingerprint density at radius 2 is 1.71 bits per heavy atom. The van der Waals surface area contributed by atoms with E-state index in [0.717, 1.165) is 31.2 Å². The van der Waals surface area contributed by atoms with E-state index >= 15 is 0 Å². The Kier molecular flexibility index (Phi) is 5.62. The molecule has 1 fully saturated rings. The average Bonchev–Trinajstić information content (AvgIpc) is 2.48. The quantitative estimate of drug-likeness (QED) is 0.908. The normalized spacial score (nSPS) is 20.1. The molecular formula is C16H23ClN2O2. The fourth-order valence-corrected chi connectivity index (χ4v) is 3.10. The van der Waals surface area contributed by atoms with E-state index in [2.05, 4.69) is 28.9 Å². The molecule has 1 aromatic carbocycles. The first kappa shape index (κ1) is 16.3.